The molecule has 0 spiro atoms. The van der Waals surface area contributed by atoms with Gasteiger partial charge in [-0.3, -0.25) is 0 Å². The fourth-order valence-corrected chi connectivity index (χ4v) is 1.43. The Hall–Kier alpha value is -0.0800. The van der Waals surface area contributed by atoms with Gasteiger partial charge in [0.25, 0.3) is 0 Å². The topological polar surface area (TPSA) is 18.5 Å². The molecule has 2 heteroatoms. The molecular weight excluding hydrogens is 176 g/mol. The van der Waals surface area contributed by atoms with Crippen LogP contribution in [-0.4, -0.2) is 24.4 Å². The Morgan fingerprint density at radius 1 is 0.786 bits per heavy atom. The Morgan fingerprint density at radius 2 is 1.14 bits per heavy atom. The average molecular weight is 202 g/mol. The average Bonchev–Trinajstić information content (AvgIpc) is 2.29. The molecule has 0 saturated carbocycles. The first-order valence-electron chi connectivity index (χ1n) is 5.49. The van der Waals surface area contributed by atoms with Crippen molar-refractivity contribution in [2.24, 2.45) is 0 Å². The minimum atomic E-state index is -0.0156. The zero-order chi connectivity index (χ0) is 11.2. The first-order valence-corrected chi connectivity index (χ1v) is 5.49. The Balaban J connectivity index is 0.000000280. The van der Waals surface area contributed by atoms with Gasteiger partial charge in [-0.05, 0) is 54.4 Å². The molecule has 1 saturated heterocycles. The highest BCUT2D eigenvalue weighted by Gasteiger charge is 2.19. The maximum atomic E-state index is 5.62. The Morgan fingerprint density at radius 3 is 1.21 bits per heavy atom. The molecule has 0 N–H and O–H groups in total. The van der Waals surface area contributed by atoms with Gasteiger partial charge in [0.2, 0.25) is 0 Å². The molecule has 1 aliphatic heterocycles. The third-order valence-electron chi connectivity index (χ3n) is 1.44. The van der Waals surface area contributed by atoms with E-state index >= 15 is 0 Å². The van der Waals surface area contributed by atoms with Gasteiger partial charge in [0, 0.05) is 13.2 Å². The molecule has 1 aliphatic rings. The predicted molar refractivity (Wildman–Crippen MR) is 60.6 cm³/mol. The van der Waals surface area contributed by atoms with Crippen LogP contribution in [0.4, 0.5) is 0 Å². The predicted octanol–water partition coefficient (Wildman–Crippen LogP) is 3.40. The zero-order valence-electron chi connectivity index (χ0n) is 10.6. The van der Waals surface area contributed by atoms with Crippen molar-refractivity contribution in [1.82, 2.24) is 0 Å². The van der Waals surface area contributed by atoms with Crippen LogP contribution >= 0.6 is 0 Å². The summed E-state index contributed by atoms with van der Waals surface area (Å²) in [5, 5.41) is 0. The second kappa shape index (κ2) is 5.72. The molecule has 0 aromatic heterocycles. The fraction of sp³-hybridized carbons (Fsp3) is 1.00. The third-order valence-corrected chi connectivity index (χ3v) is 1.44. The van der Waals surface area contributed by atoms with Crippen LogP contribution in [0.3, 0.4) is 0 Å². The zero-order valence-corrected chi connectivity index (χ0v) is 10.6. The molecule has 1 fully saturated rings. The third kappa shape index (κ3) is 11.9. The lowest BCUT2D eigenvalue weighted by atomic mass is 10.1. The first-order chi connectivity index (χ1) is 6.21. The number of ether oxygens (including phenoxy) is 2. The van der Waals surface area contributed by atoms with Gasteiger partial charge in [-0.2, -0.15) is 0 Å². The molecule has 2 nitrogen and oxygen atoms in total. The molecule has 0 aromatic carbocycles. The lowest BCUT2D eigenvalue weighted by Crippen LogP contribution is -2.31. The van der Waals surface area contributed by atoms with Gasteiger partial charge in [-0.15, -0.1) is 0 Å². The van der Waals surface area contributed by atoms with E-state index in [2.05, 4.69) is 41.5 Å². The van der Waals surface area contributed by atoms with Crippen molar-refractivity contribution in [1.29, 1.82) is 0 Å². The second-order valence-corrected chi connectivity index (χ2v) is 5.65. The van der Waals surface area contributed by atoms with Crippen LogP contribution in [0, 0.1) is 0 Å². The smallest absolute Gasteiger partial charge is 0.0605 e. The summed E-state index contributed by atoms with van der Waals surface area (Å²) in [6, 6.07) is 0. The fourth-order valence-electron chi connectivity index (χ4n) is 1.43. The van der Waals surface area contributed by atoms with E-state index in [0.29, 0.717) is 0 Å². The standard InChI is InChI=1S/C8H18O.C4H8O/c1-7(2,3)9-8(4,5)6;1-2-4-5-3-1/h1-6H3;1-4H2. The van der Waals surface area contributed by atoms with Crippen molar-refractivity contribution in [2.45, 2.75) is 65.6 Å². The maximum Gasteiger partial charge on any atom is 0.0605 e. The van der Waals surface area contributed by atoms with E-state index in [1.165, 1.54) is 12.8 Å². The maximum absolute atomic E-state index is 5.62. The SMILES string of the molecule is C1CCOC1.CC(C)(C)OC(C)(C)C. The van der Waals surface area contributed by atoms with Gasteiger partial charge >= 0.3 is 0 Å². The van der Waals surface area contributed by atoms with Crippen LogP contribution in [0.2, 0.25) is 0 Å². The van der Waals surface area contributed by atoms with E-state index in [9.17, 15) is 0 Å². The van der Waals surface area contributed by atoms with E-state index in [1.807, 2.05) is 0 Å². The lowest BCUT2D eigenvalue weighted by molar-refractivity contribution is -0.102. The Labute approximate surface area is 89.0 Å². The van der Waals surface area contributed by atoms with Crippen LogP contribution in [0.25, 0.3) is 0 Å². The van der Waals surface area contributed by atoms with Gasteiger partial charge in [-0.1, -0.05) is 0 Å². The summed E-state index contributed by atoms with van der Waals surface area (Å²) in [4.78, 5) is 0. The summed E-state index contributed by atoms with van der Waals surface area (Å²) >= 11 is 0. The number of hydrogen-bond acceptors (Lipinski definition) is 2. The van der Waals surface area contributed by atoms with Crippen LogP contribution in [-0.2, 0) is 9.47 Å². The van der Waals surface area contributed by atoms with E-state index < -0.39 is 0 Å². The van der Waals surface area contributed by atoms with Gasteiger partial charge in [0.15, 0.2) is 0 Å². The van der Waals surface area contributed by atoms with Crippen molar-refractivity contribution >= 4 is 0 Å². The molecular formula is C12H26O2. The summed E-state index contributed by atoms with van der Waals surface area (Å²) in [6.07, 6.45) is 2.56. The molecule has 0 unspecified atom stereocenters. The molecule has 0 aliphatic carbocycles. The largest absolute Gasteiger partial charge is 0.381 e. The molecule has 14 heavy (non-hydrogen) atoms. The van der Waals surface area contributed by atoms with Crippen molar-refractivity contribution in [3.63, 3.8) is 0 Å². The van der Waals surface area contributed by atoms with Crippen molar-refractivity contribution in [3.8, 4) is 0 Å². The van der Waals surface area contributed by atoms with Crippen molar-refractivity contribution < 1.29 is 9.47 Å². The highest BCUT2D eigenvalue weighted by atomic mass is 16.5. The molecule has 1 heterocycles. The van der Waals surface area contributed by atoms with E-state index in [1.54, 1.807) is 0 Å². The van der Waals surface area contributed by atoms with Crippen LogP contribution in [0.5, 0.6) is 0 Å². The quantitative estimate of drug-likeness (QED) is 0.599. The van der Waals surface area contributed by atoms with Gasteiger partial charge in [0.05, 0.1) is 11.2 Å². The first kappa shape index (κ1) is 13.9. The van der Waals surface area contributed by atoms with E-state index in [4.69, 9.17) is 9.47 Å². The summed E-state index contributed by atoms with van der Waals surface area (Å²) in [6.45, 7) is 14.4. The normalized spacial score (nSPS) is 17.6. The summed E-state index contributed by atoms with van der Waals surface area (Å²) < 4.78 is 10.6. The van der Waals surface area contributed by atoms with Crippen LogP contribution in [0.1, 0.15) is 54.4 Å². The number of hydrogen-bond donors (Lipinski definition) is 0. The van der Waals surface area contributed by atoms with Crippen LogP contribution < -0.4 is 0 Å². The highest BCUT2D eigenvalue weighted by Crippen LogP contribution is 2.17. The lowest BCUT2D eigenvalue weighted by Gasteiger charge is -2.30. The van der Waals surface area contributed by atoms with Gasteiger partial charge in [-0.25, -0.2) is 0 Å². The van der Waals surface area contributed by atoms with Crippen molar-refractivity contribution in [2.75, 3.05) is 13.2 Å². The van der Waals surface area contributed by atoms with E-state index in [-0.39, 0.29) is 11.2 Å². The second-order valence-electron chi connectivity index (χ2n) is 5.65. The van der Waals surface area contributed by atoms with Gasteiger partial charge in [0.1, 0.15) is 0 Å². The van der Waals surface area contributed by atoms with Gasteiger partial charge < -0.3 is 9.47 Å². The van der Waals surface area contributed by atoms with Crippen LogP contribution in [0.15, 0.2) is 0 Å². The number of rotatable bonds is 0. The molecule has 86 valence electrons. The molecule has 0 bridgehead atoms. The molecule has 0 atom stereocenters. The molecule has 1 rings (SSSR count). The molecule has 0 aromatic rings. The van der Waals surface area contributed by atoms with Crippen molar-refractivity contribution in [3.05, 3.63) is 0 Å². The summed E-state index contributed by atoms with van der Waals surface area (Å²) in [7, 11) is 0. The Bertz CT molecular complexity index is 116. The molecule has 0 radical (unpaired) electrons. The molecule has 0 amide bonds. The Kier molecular flexibility index (Phi) is 5.68. The minimum absolute atomic E-state index is 0.0156. The monoisotopic (exact) mass is 202 g/mol. The highest BCUT2D eigenvalue weighted by molar-refractivity contribution is 4.68. The summed E-state index contributed by atoms with van der Waals surface area (Å²) in [5.41, 5.74) is -0.0312. The minimum Gasteiger partial charge on any atom is -0.381 e. The van der Waals surface area contributed by atoms with E-state index in [0.717, 1.165) is 13.2 Å². The summed E-state index contributed by atoms with van der Waals surface area (Å²) in [5.74, 6) is 0.